The van der Waals surface area contributed by atoms with Gasteiger partial charge in [-0.25, -0.2) is 4.98 Å². The second-order valence-electron chi connectivity index (χ2n) is 5.50. The Hall–Kier alpha value is -1.85. The molecule has 1 amide bonds. The van der Waals surface area contributed by atoms with E-state index in [1.54, 1.807) is 17.4 Å². The van der Waals surface area contributed by atoms with Crippen LogP contribution in [0.4, 0.5) is 0 Å². The standard InChI is InChI=1S/C14H21N3O3/c1-4-5-16-12(18)6-10(14(19)20)13(16)11-7-15-8-17(11)9(2)3/h7-10,13H,4-6H2,1-3H3,(H,19,20). The molecule has 1 aliphatic heterocycles. The van der Waals surface area contributed by atoms with Crippen molar-refractivity contribution < 1.29 is 14.7 Å². The molecule has 20 heavy (non-hydrogen) atoms. The minimum atomic E-state index is -0.918. The Kier molecular flexibility index (Phi) is 4.11. The van der Waals surface area contributed by atoms with E-state index in [1.807, 2.05) is 25.3 Å². The van der Waals surface area contributed by atoms with Gasteiger partial charge in [0.25, 0.3) is 0 Å². The lowest BCUT2D eigenvalue weighted by atomic mass is 9.97. The Labute approximate surface area is 118 Å². The van der Waals surface area contributed by atoms with Crippen molar-refractivity contribution in [3.8, 4) is 0 Å². The van der Waals surface area contributed by atoms with Gasteiger partial charge in [0, 0.05) is 19.0 Å². The Morgan fingerprint density at radius 3 is 2.80 bits per heavy atom. The summed E-state index contributed by atoms with van der Waals surface area (Å²) < 4.78 is 1.95. The van der Waals surface area contributed by atoms with Crippen LogP contribution in [0.2, 0.25) is 0 Å². The SMILES string of the molecule is CCCN1C(=O)CC(C(=O)O)C1c1cncn1C(C)C. The first-order valence-electron chi connectivity index (χ1n) is 7.01. The summed E-state index contributed by atoms with van der Waals surface area (Å²) in [5, 5.41) is 9.41. The first kappa shape index (κ1) is 14.6. The monoisotopic (exact) mass is 279 g/mol. The highest BCUT2D eigenvalue weighted by Gasteiger charge is 2.45. The predicted molar refractivity (Wildman–Crippen MR) is 73.1 cm³/mol. The Bertz CT molecular complexity index is 510. The van der Waals surface area contributed by atoms with Crippen LogP contribution < -0.4 is 0 Å². The largest absolute Gasteiger partial charge is 0.481 e. The zero-order valence-electron chi connectivity index (χ0n) is 12.1. The lowest BCUT2D eigenvalue weighted by molar-refractivity contribution is -0.142. The molecule has 1 aliphatic rings. The van der Waals surface area contributed by atoms with Crippen LogP contribution in [0.25, 0.3) is 0 Å². The molecule has 1 saturated heterocycles. The van der Waals surface area contributed by atoms with Crippen molar-refractivity contribution in [1.82, 2.24) is 14.5 Å². The number of nitrogens with zero attached hydrogens (tertiary/aromatic N) is 3. The second kappa shape index (κ2) is 5.64. The maximum Gasteiger partial charge on any atom is 0.309 e. The highest BCUT2D eigenvalue weighted by molar-refractivity contribution is 5.87. The third-order valence-corrected chi connectivity index (χ3v) is 3.77. The number of carbonyl (C=O) groups excluding carboxylic acids is 1. The van der Waals surface area contributed by atoms with E-state index >= 15 is 0 Å². The number of rotatable bonds is 5. The molecule has 1 fully saturated rings. The van der Waals surface area contributed by atoms with Crippen LogP contribution in [0.15, 0.2) is 12.5 Å². The number of carbonyl (C=O) groups is 2. The third kappa shape index (κ3) is 2.42. The van der Waals surface area contributed by atoms with Gasteiger partial charge in [-0.2, -0.15) is 0 Å². The Morgan fingerprint density at radius 2 is 2.25 bits per heavy atom. The van der Waals surface area contributed by atoms with Crippen molar-refractivity contribution in [2.45, 2.75) is 45.7 Å². The molecule has 2 rings (SSSR count). The summed E-state index contributed by atoms with van der Waals surface area (Å²) >= 11 is 0. The summed E-state index contributed by atoms with van der Waals surface area (Å²) in [6, 6.07) is -0.231. The predicted octanol–water partition coefficient (Wildman–Crippen LogP) is 1.85. The molecule has 6 nitrogen and oxygen atoms in total. The summed E-state index contributed by atoms with van der Waals surface area (Å²) in [6.45, 7) is 6.60. The number of likely N-dealkylation sites (tertiary alicyclic amines) is 1. The molecule has 2 unspecified atom stereocenters. The summed E-state index contributed by atoms with van der Waals surface area (Å²) in [6.07, 6.45) is 4.27. The van der Waals surface area contributed by atoms with Gasteiger partial charge in [0.05, 0.1) is 30.2 Å². The van der Waals surface area contributed by atoms with Crippen molar-refractivity contribution in [2.24, 2.45) is 5.92 Å². The number of aliphatic carboxylic acids is 1. The van der Waals surface area contributed by atoms with Gasteiger partial charge in [0.2, 0.25) is 5.91 Å². The summed E-state index contributed by atoms with van der Waals surface area (Å²) in [7, 11) is 0. The van der Waals surface area contributed by atoms with Gasteiger partial charge in [0.15, 0.2) is 0 Å². The molecule has 0 saturated carbocycles. The van der Waals surface area contributed by atoms with E-state index in [0.29, 0.717) is 6.54 Å². The van der Waals surface area contributed by atoms with E-state index < -0.39 is 17.9 Å². The van der Waals surface area contributed by atoms with Gasteiger partial charge >= 0.3 is 5.97 Å². The molecule has 1 aromatic rings. The fourth-order valence-electron chi connectivity index (χ4n) is 2.86. The maximum absolute atomic E-state index is 12.1. The van der Waals surface area contributed by atoms with Gasteiger partial charge in [-0.05, 0) is 20.3 Å². The molecule has 0 radical (unpaired) electrons. The number of hydrogen-bond donors (Lipinski definition) is 1. The molecule has 2 heterocycles. The third-order valence-electron chi connectivity index (χ3n) is 3.77. The number of imidazole rings is 1. The lowest BCUT2D eigenvalue weighted by Crippen LogP contribution is -2.32. The van der Waals surface area contributed by atoms with Gasteiger partial charge in [0.1, 0.15) is 0 Å². The summed E-state index contributed by atoms with van der Waals surface area (Å²) in [5.74, 6) is -1.69. The molecule has 0 aliphatic carbocycles. The molecule has 1 N–H and O–H groups in total. The lowest BCUT2D eigenvalue weighted by Gasteiger charge is -2.28. The highest BCUT2D eigenvalue weighted by Crippen LogP contribution is 2.38. The quantitative estimate of drug-likeness (QED) is 0.892. The Morgan fingerprint density at radius 1 is 1.55 bits per heavy atom. The maximum atomic E-state index is 12.1. The number of amides is 1. The molecule has 110 valence electrons. The van der Waals surface area contributed by atoms with Crippen molar-refractivity contribution in [2.75, 3.05) is 6.54 Å². The summed E-state index contributed by atoms with van der Waals surface area (Å²) in [5.41, 5.74) is 0.812. The first-order chi connectivity index (χ1) is 9.47. The normalized spacial score (nSPS) is 22.8. The fraction of sp³-hybridized carbons (Fsp3) is 0.643. The minimum Gasteiger partial charge on any atom is -0.481 e. The van der Waals surface area contributed by atoms with Crippen molar-refractivity contribution in [3.63, 3.8) is 0 Å². The van der Waals surface area contributed by atoms with E-state index in [2.05, 4.69) is 4.98 Å². The average Bonchev–Trinajstić information content (AvgIpc) is 2.95. The van der Waals surface area contributed by atoms with Crippen molar-refractivity contribution in [1.29, 1.82) is 0 Å². The van der Waals surface area contributed by atoms with Gasteiger partial charge in [-0.3, -0.25) is 9.59 Å². The molecular formula is C14H21N3O3. The smallest absolute Gasteiger partial charge is 0.309 e. The number of carboxylic acids is 1. The Balaban J connectivity index is 2.43. The van der Waals surface area contributed by atoms with Crippen LogP contribution in [0.3, 0.4) is 0 Å². The minimum absolute atomic E-state index is 0.0727. The van der Waals surface area contributed by atoms with Crippen LogP contribution in [0.5, 0.6) is 0 Å². The van der Waals surface area contributed by atoms with Crippen LogP contribution in [0, 0.1) is 5.92 Å². The van der Waals surface area contributed by atoms with Crippen molar-refractivity contribution >= 4 is 11.9 Å². The highest BCUT2D eigenvalue weighted by atomic mass is 16.4. The first-order valence-corrected chi connectivity index (χ1v) is 7.01. The molecule has 0 spiro atoms. The number of hydrogen-bond acceptors (Lipinski definition) is 3. The van der Waals surface area contributed by atoms with Crippen LogP contribution >= 0.6 is 0 Å². The van der Waals surface area contributed by atoms with Crippen molar-refractivity contribution in [3.05, 3.63) is 18.2 Å². The second-order valence-corrected chi connectivity index (χ2v) is 5.50. The summed E-state index contributed by atoms with van der Waals surface area (Å²) in [4.78, 5) is 29.4. The zero-order valence-corrected chi connectivity index (χ0v) is 12.1. The number of aromatic nitrogens is 2. The fourth-order valence-corrected chi connectivity index (χ4v) is 2.86. The van der Waals surface area contributed by atoms with Gasteiger partial charge in [-0.15, -0.1) is 0 Å². The van der Waals surface area contributed by atoms with Gasteiger partial charge < -0.3 is 14.6 Å². The van der Waals surface area contributed by atoms with Gasteiger partial charge in [-0.1, -0.05) is 6.92 Å². The van der Waals surface area contributed by atoms with Crippen LogP contribution in [-0.2, 0) is 9.59 Å². The topological polar surface area (TPSA) is 75.4 Å². The molecular weight excluding hydrogens is 258 g/mol. The number of carboxylic acid groups (broad SMARTS) is 1. The van der Waals surface area contributed by atoms with E-state index in [-0.39, 0.29) is 18.4 Å². The molecule has 0 bridgehead atoms. The van der Waals surface area contributed by atoms with Crippen LogP contribution in [0.1, 0.15) is 51.4 Å². The van der Waals surface area contributed by atoms with E-state index in [1.165, 1.54) is 0 Å². The zero-order chi connectivity index (χ0) is 14.9. The van der Waals surface area contributed by atoms with E-state index in [9.17, 15) is 14.7 Å². The van der Waals surface area contributed by atoms with E-state index in [4.69, 9.17) is 0 Å². The molecule has 2 atom stereocenters. The van der Waals surface area contributed by atoms with E-state index in [0.717, 1.165) is 12.1 Å². The average molecular weight is 279 g/mol. The van der Waals surface area contributed by atoms with Crippen LogP contribution in [-0.4, -0.2) is 38.0 Å². The molecule has 0 aromatic carbocycles. The molecule has 6 heteroatoms. The molecule has 1 aromatic heterocycles.